The number of non-ortho nitro benzene ring substituents is 1. The fourth-order valence-corrected chi connectivity index (χ4v) is 2.05. The largest absolute Gasteiger partial charge is 0.454 e. The minimum atomic E-state index is -0.948. The smallest absolute Gasteiger partial charge is 0.426 e. The average molecular weight is 394 g/mol. The number of hydrazine groups is 1. The van der Waals surface area contributed by atoms with Gasteiger partial charge in [-0.15, -0.1) is 0 Å². The van der Waals surface area contributed by atoms with E-state index >= 15 is 0 Å². The van der Waals surface area contributed by atoms with Crippen LogP contribution < -0.4 is 15.6 Å². The second-order valence-corrected chi connectivity index (χ2v) is 6.52. The van der Waals surface area contributed by atoms with Gasteiger partial charge in [0.2, 0.25) is 0 Å². The highest BCUT2D eigenvalue weighted by molar-refractivity contribution is 5.70. The number of anilines is 1. The van der Waals surface area contributed by atoms with E-state index < -0.39 is 34.7 Å². The monoisotopic (exact) mass is 394 g/mol. The van der Waals surface area contributed by atoms with Crippen LogP contribution in [0.25, 0.3) is 0 Å². The average Bonchev–Trinajstić information content (AvgIpc) is 2.60. The van der Waals surface area contributed by atoms with Crippen molar-refractivity contribution in [2.45, 2.75) is 33.0 Å². The van der Waals surface area contributed by atoms with E-state index in [-0.39, 0.29) is 22.9 Å². The lowest BCUT2D eigenvalue weighted by atomic mass is 10.2. The number of nitro groups is 1. The van der Waals surface area contributed by atoms with Gasteiger partial charge < -0.3 is 14.6 Å². The summed E-state index contributed by atoms with van der Waals surface area (Å²) >= 11 is 0. The first-order chi connectivity index (χ1) is 13.1. The molecule has 0 fully saturated rings. The molecule has 1 amide bonds. The molecule has 0 saturated carbocycles. The molecule has 0 bridgehead atoms. The van der Waals surface area contributed by atoms with Gasteiger partial charge in [-0.05, 0) is 32.9 Å². The van der Waals surface area contributed by atoms with Gasteiger partial charge in [0, 0.05) is 12.3 Å². The van der Waals surface area contributed by atoms with Gasteiger partial charge in [0.15, 0.2) is 17.4 Å². The van der Waals surface area contributed by atoms with E-state index in [4.69, 9.17) is 9.47 Å². The van der Waals surface area contributed by atoms with E-state index in [2.05, 4.69) is 15.8 Å². The number of halogens is 1. The Balaban J connectivity index is 2.19. The van der Waals surface area contributed by atoms with Crippen LogP contribution in [0.4, 0.5) is 20.7 Å². The molecule has 0 aliphatic rings. The van der Waals surface area contributed by atoms with Gasteiger partial charge in [0.1, 0.15) is 11.4 Å². The van der Waals surface area contributed by atoms with E-state index in [9.17, 15) is 24.4 Å². The molecule has 10 nitrogen and oxygen atoms in total. The summed E-state index contributed by atoms with van der Waals surface area (Å²) in [4.78, 5) is 25.6. The van der Waals surface area contributed by atoms with E-state index in [0.717, 1.165) is 18.2 Å². The summed E-state index contributed by atoms with van der Waals surface area (Å²) in [5.41, 5.74) is 3.74. The molecule has 150 valence electrons. The van der Waals surface area contributed by atoms with Crippen LogP contribution in [0.15, 0.2) is 30.5 Å². The van der Waals surface area contributed by atoms with Gasteiger partial charge in [-0.2, -0.15) is 0 Å². The van der Waals surface area contributed by atoms with Crippen molar-refractivity contribution in [1.82, 2.24) is 10.4 Å². The zero-order chi connectivity index (χ0) is 20.9. The summed E-state index contributed by atoms with van der Waals surface area (Å²) in [5, 5.41) is 20.3. The van der Waals surface area contributed by atoms with Crippen LogP contribution in [0.1, 0.15) is 26.3 Å². The van der Waals surface area contributed by atoms with Crippen LogP contribution in [0.3, 0.4) is 0 Å². The number of aliphatic hydroxyl groups is 1. The number of carbonyl (C=O) groups excluding carboxylic acids is 1. The molecule has 0 aliphatic carbocycles. The molecule has 0 unspecified atom stereocenters. The summed E-state index contributed by atoms with van der Waals surface area (Å²) < 4.78 is 24.5. The number of nitrogens with one attached hydrogen (secondary N) is 2. The van der Waals surface area contributed by atoms with Gasteiger partial charge in [0.05, 0.1) is 23.2 Å². The lowest BCUT2D eigenvalue weighted by Crippen LogP contribution is -2.36. The van der Waals surface area contributed by atoms with Crippen molar-refractivity contribution in [2.75, 3.05) is 5.43 Å². The molecule has 0 saturated heterocycles. The van der Waals surface area contributed by atoms with Gasteiger partial charge >= 0.3 is 6.09 Å². The van der Waals surface area contributed by atoms with Crippen molar-refractivity contribution in [3.8, 4) is 11.5 Å². The van der Waals surface area contributed by atoms with Gasteiger partial charge in [-0.25, -0.2) is 19.6 Å². The van der Waals surface area contributed by atoms with Crippen molar-refractivity contribution in [3.63, 3.8) is 0 Å². The number of carbonyl (C=O) groups is 1. The van der Waals surface area contributed by atoms with Crippen LogP contribution >= 0.6 is 0 Å². The number of aliphatic hydroxyl groups excluding tert-OH is 1. The molecule has 3 N–H and O–H groups in total. The van der Waals surface area contributed by atoms with E-state index in [1.54, 1.807) is 20.8 Å². The van der Waals surface area contributed by atoms with Gasteiger partial charge in [-0.3, -0.25) is 15.5 Å². The topological polar surface area (TPSA) is 136 Å². The Morgan fingerprint density at radius 3 is 2.61 bits per heavy atom. The van der Waals surface area contributed by atoms with Crippen LogP contribution in [-0.4, -0.2) is 26.7 Å². The Hall–Kier alpha value is -3.47. The molecule has 0 aliphatic heterocycles. The predicted octanol–water partition coefficient (Wildman–Crippen LogP) is 3.27. The fraction of sp³-hybridized carbons (Fsp3) is 0.294. The number of rotatable bonds is 6. The third-order valence-electron chi connectivity index (χ3n) is 3.20. The first-order valence-corrected chi connectivity index (χ1v) is 8.06. The third-order valence-corrected chi connectivity index (χ3v) is 3.20. The molecule has 11 heteroatoms. The lowest BCUT2D eigenvalue weighted by Gasteiger charge is -2.20. The van der Waals surface area contributed by atoms with Crippen molar-refractivity contribution in [1.29, 1.82) is 0 Å². The van der Waals surface area contributed by atoms with Crippen molar-refractivity contribution < 1.29 is 28.7 Å². The molecular formula is C17H19FN4O6. The number of pyridine rings is 1. The number of amides is 1. The minimum absolute atomic E-state index is 0.0405. The highest BCUT2D eigenvalue weighted by Crippen LogP contribution is 2.31. The maximum Gasteiger partial charge on any atom is 0.426 e. The van der Waals surface area contributed by atoms with Crippen molar-refractivity contribution in [3.05, 3.63) is 52.0 Å². The Morgan fingerprint density at radius 2 is 2.04 bits per heavy atom. The van der Waals surface area contributed by atoms with Crippen LogP contribution in [0.2, 0.25) is 0 Å². The molecule has 1 heterocycles. The Labute approximate surface area is 159 Å². The van der Waals surface area contributed by atoms with Crippen LogP contribution in [0, 0.1) is 15.9 Å². The van der Waals surface area contributed by atoms with E-state index in [1.165, 1.54) is 12.3 Å². The second kappa shape index (κ2) is 8.48. The molecule has 0 spiro atoms. The molecule has 28 heavy (non-hydrogen) atoms. The molecule has 0 radical (unpaired) electrons. The minimum Gasteiger partial charge on any atom is -0.454 e. The number of hydrogen-bond acceptors (Lipinski definition) is 8. The Bertz CT molecular complexity index is 884. The number of aromatic nitrogens is 1. The van der Waals surface area contributed by atoms with Crippen LogP contribution in [-0.2, 0) is 11.3 Å². The highest BCUT2D eigenvalue weighted by atomic mass is 19.1. The maximum absolute atomic E-state index is 14.0. The number of nitrogens with zero attached hydrogens (tertiary/aromatic N) is 2. The third kappa shape index (κ3) is 5.51. The summed E-state index contributed by atoms with van der Waals surface area (Å²) in [6.07, 6.45) is 0.530. The normalized spacial score (nSPS) is 10.9. The maximum atomic E-state index is 14.0. The standard InChI is InChI=1S/C17H19FN4O6/c1-17(2,3)28-16(24)21-20-15-11(9-23)13(6-7-19-15)27-14-5-4-10(22(25)26)8-12(14)18/h4-8,23H,9H2,1-3H3,(H,19,20)(H,21,24). The molecule has 2 rings (SSSR count). The second-order valence-electron chi connectivity index (χ2n) is 6.52. The van der Waals surface area contributed by atoms with Gasteiger partial charge in [-0.1, -0.05) is 0 Å². The molecular weight excluding hydrogens is 375 g/mol. The van der Waals surface area contributed by atoms with E-state index in [1.807, 2.05) is 0 Å². The molecule has 1 aromatic heterocycles. The zero-order valence-electron chi connectivity index (χ0n) is 15.4. The first kappa shape index (κ1) is 20.8. The summed E-state index contributed by atoms with van der Waals surface area (Å²) in [7, 11) is 0. The molecule has 0 atom stereocenters. The number of hydrogen-bond donors (Lipinski definition) is 3. The summed E-state index contributed by atoms with van der Waals surface area (Å²) in [6.45, 7) is 4.53. The lowest BCUT2D eigenvalue weighted by molar-refractivity contribution is -0.385. The van der Waals surface area contributed by atoms with Crippen molar-refractivity contribution in [2.24, 2.45) is 0 Å². The quantitative estimate of drug-likeness (QED) is 0.502. The molecule has 2 aromatic rings. The number of benzene rings is 1. The van der Waals surface area contributed by atoms with Gasteiger partial charge in [0.25, 0.3) is 5.69 Å². The van der Waals surface area contributed by atoms with Crippen LogP contribution in [0.5, 0.6) is 11.5 Å². The number of nitro benzene ring substituents is 1. The summed E-state index contributed by atoms with van der Waals surface area (Å²) in [6, 6.07) is 4.27. The Morgan fingerprint density at radius 1 is 1.32 bits per heavy atom. The predicted molar refractivity (Wildman–Crippen MR) is 96.3 cm³/mol. The summed E-state index contributed by atoms with van der Waals surface area (Å²) in [5.74, 6) is -1.14. The number of ether oxygens (including phenoxy) is 2. The first-order valence-electron chi connectivity index (χ1n) is 8.06. The highest BCUT2D eigenvalue weighted by Gasteiger charge is 2.18. The fourth-order valence-electron chi connectivity index (χ4n) is 2.05. The SMILES string of the molecule is CC(C)(C)OC(=O)NNc1nccc(Oc2ccc([N+](=O)[O-])cc2F)c1CO. The molecule has 1 aromatic carbocycles. The Kier molecular flexibility index (Phi) is 6.31. The zero-order valence-corrected chi connectivity index (χ0v) is 15.4. The van der Waals surface area contributed by atoms with E-state index in [0.29, 0.717) is 0 Å². The van der Waals surface area contributed by atoms with Crippen molar-refractivity contribution >= 4 is 17.6 Å².